The van der Waals surface area contributed by atoms with Crippen molar-refractivity contribution in [1.29, 1.82) is 0 Å². The molecule has 0 bridgehead atoms. The lowest BCUT2D eigenvalue weighted by molar-refractivity contribution is -0.118. The van der Waals surface area contributed by atoms with Gasteiger partial charge in [0.2, 0.25) is 0 Å². The number of hydrogen-bond acceptors (Lipinski definition) is 4. The molecule has 0 saturated carbocycles. The number of carbonyl (C=O) groups is 1. The average molecular weight is 463 g/mol. The van der Waals surface area contributed by atoms with E-state index in [1.165, 1.54) is 5.56 Å². The fraction of sp³-hybridized carbons (Fsp3) is 0.154. The summed E-state index contributed by atoms with van der Waals surface area (Å²) in [4.78, 5) is 17.1. The molecule has 4 nitrogen and oxygen atoms in total. The number of nitrogens with one attached hydrogen (secondary N) is 1. The fourth-order valence-corrected chi connectivity index (χ4v) is 4.14. The van der Waals surface area contributed by atoms with Gasteiger partial charge >= 0.3 is 0 Å². The number of aromatic nitrogens is 1. The summed E-state index contributed by atoms with van der Waals surface area (Å²) >= 11 is 7.54. The zero-order valence-electron chi connectivity index (χ0n) is 17.8. The van der Waals surface area contributed by atoms with E-state index in [2.05, 4.69) is 19.2 Å². The Morgan fingerprint density at radius 2 is 1.78 bits per heavy atom. The number of anilines is 1. The molecule has 0 atom stereocenters. The first-order chi connectivity index (χ1) is 15.5. The van der Waals surface area contributed by atoms with Gasteiger partial charge in [-0.05, 0) is 47.9 Å². The average Bonchev–Trinajstić information content (AvgIpc) is 3.29. The summed E-state index contributed by atoms with van der Waals surface area (Å²) < 4.78 is 5.62. The number of ether oxygens (including phenoxy) is 1. The maximum Gasteiger partial charge on any atom is 0.262 e. The number of halogens is 1. The lowest BCUT2D eigenvalue weighted by Crippen LogP contribution is -2.20. The van der Waals surface area contributed by atoms with Crippen LogP contribution in [0, 0.1) is 0 Å². The number of rotatable bonds is 7. The van der Waals surface area contributed by atoms with Gasteiger partial charge in [-0.1, -0.05) is 61.8 Å². The van der Waals surface area contributed by atoms with Crippen LogP contribution in [-0.2, 0) is 4.79 Å². The molecule has 1 N–H and O–H groups in total. The van der Waals surface area contributed by atoms with Crippen LogP contribution in [0.15, 0.2) is 78.2 Å². The second kappa shape index (κ2) is 9.98. The summed E-state index contributed by atoms with van der Waals surface area (Å²) in [6.45, 7) is 4.23. The summed E-state index contributed by atoms with van der Waals surface area (Å²) in [5.41, 5.74) is 4.75. The van der Waals surface area contributed by atoms with Crippen LogP contribution in [0.4, 0.5) is 5.69 Å². The molecule has 0 fully saturated rings. The van der Waals surface area contributed by atoms with Crippen molar-refractivity contribution < 1.29 is 9.53 Å². The zero-order chi connectivity index (χ0) is 22.5. The first-order valence-corrected chi connectivity index (χ1v) is 11.6. The zero-order valence-corrected chi connectivity index (χ0v) is 19.4. The van der Waals surface area contributed by atoms with Crippen molar-refractivity contribution in [1.82, 2.24) is 4.98 Å². The normalized spacial score (nSPS) is 10.9. The molecule has 0 aliphatic heterocycles. The van der Waals surface area contributed by atoms with Crippen molar-refractivity contribution in [3.05, 3.63) is 88.8 Å². The second-order valence-electron chi connectivity index (χ2n) is 7.69. The molecule has 0 aliphatic carbocycles. The molecule has 6 heteroatoms. The molecule has 4 aromatic rings. The van der Waals surface area contributed by atoms with Gasteiger partial charge in [0.25, 0.3) is 5.91 Å². The molecule has 0 radical (unpaired) electrons. The first-order valence-electron chi connectivity index (χ1n) is 10.3. The first kappa shape index (κ1) is 22.1. The standard InChI is InChI=1S/C26H23ClN2O2S/c1-17(2)18-8-12-23(13-9-18)31-15-25(30)28-22-5-3-4-20(14-22)24-16-32-26(29-24)19-6-10-21(27)11-7-19/h3-14,16-17H,15H2,1-2H3,(H,28,30). The molecule has 1 heterocycles. The van der Waals surface area contributed by atoms with Gasteiger partial charge in [-0.3, -0.25) is 4.79 Å². The molecule has 1 amide bonds. The van der Waals surface area contributed by atoms with E-state index in [9.17, 15) is 4.79 Å². The van der Waals surface area contributed by atoms with Crippen molar-refractivity contribution in [2.24, 2.45) is 0 Å². The van der Waals surface area contributed by atoms with Crippen LogP contribution < -0.4 is 10.1 Å². The van der Waals surface area contributed by atoms with Crippen molar-refractivity contribution in [2.45, 2.75) is 19.8 Å². The summed E-state index contributed by atoms with van der Waals surface area (Å²) in [6.07, 6.45) is 0. The van der Waals surface area contributed by atoms with E-state index in [4.69, 9.17) is 21.3 Å². The predicted molar refractivity (Wildman–Crippen MR) is 133 cm³/mol. The number of benzene rings is 3. The SMILES string of the molecule is CC(C)c1ccc(OCC(=O)Nc2cccc(-c3csc(-c4ccc(Cl)cc4)n3)c2)cc1. The Kier molecular flexibility index (Phi) is 6.88. The molecule has 4 rings (SSSR count). The molecule has 0 unspecified atom stereocenters. The number of hydrogen-bond donors (Lipinski definition) is 1. The quantitative estimate of drug-likeness (QED) is 0.314. The monoisotopic (exact) mass is 462 g/mol. The Morgan fingerprint density at radius 3 is 2.50 bits per heavy atom. The van der Waals surface area contributed by atoms with E-state index in [1.54, 1.807) is 11.3 Å². The highest BCUT2D eigenvalue weighted by molar-refractivity contribution is 7.13. The maximum atomic E-state index is 12.4. The number of nitrogens with zero attached hydrogens (tertiary/aromatic N) is 1. The molecule has 3 aromatic carbocycles. The summed E-state index contributed by atoms with van der Waals surface area (Å²) in [7, 11) is 0. The lowest BCUT2D eigenvalue weighted by atomic mass is 10.0. The van der Waals surface area contributed by atoms with E-state index in [0.29, 0.717) is 22.4 Å². The Labute approximate surface area is 196 Å². The topological polar surface area (TPSA) is 51.2 Å². The van der Waals surface area contributed by atoms with Crippen LogP contribution in [-0.4, -0.2) is 17.5 Å². The van der Waals surface area contributed by atoms with Gasteiger partial charge < -0.3 is 10.1 Å². The Balaban J connectivity index is 1.38. The van der Waals surface area contributed by atoms with Gasteiger partial charge in [0, 0.05) is 27.2 Å². The van der Waals surface area contributed by atoms with Crippen LogP contribution in [0.3, 0.4) is 0 Å². The van der Waals surface area contributed by atoms with Crippen molar-refractivity contribution in [3.8, 4) is 27.6 Å². The Bertz CT molecular complexity index is 1200. The summed E-state index contributed by atoms with van der Waals surface area (Å²) in [5.74, 6) is 0.922. The van der Waals surface area contributed by atoms with Gasteiger partial charge in [-0.15, -0.1) is 11.3 Å². The molecular weight excluding hydrogens is 440 g/mol. The Morgan fingerprint density at radius 1 is 1.03 bits per heavy atom. The number of amides is 1. The van der Waals surface area contributed by atoms with Gasteiger partial charge in [0.05, 0.1) is 5.69 Å². The largest absolute Gasteiger partial charge is 0.484 e. The van der Waals surface area contributed by atoms with E-state index in [0.717, 1.165) is 21.8 Å². The van der Waals surface area contributed by atoms with E-state index < -0.39 is 0 Å². The van der Waals surface area contributed by atoms with Gasteiger partial charge in [0.1, 0.15) is 10.8 Å². The highest BCUT2D eigenvalue weighted by Gasteiger charge is 2.09. The highest BCUT2D eigenvalue weighted by atomic mass is 35.5. The molecule has 0 aliphatic rings. The van der Waals surface area contributed by atoms with Crippen LogP contribution >= 0.6 is 22.9 Å². The van der Waals surface area contributed by atoms with Gasteiger partial charge in [0.15, 0.2) is 6.61 Å². The van der Waals surface area contributed by atoms with Crippen LogP contribution in [0.1, 0.15) is 25.3 Å². The number of carbonyl (C=O) groups excluding carboxylic acids is 1. The number of thiazole rings is 1. The summed E-state index contributed by atoms with van der Waals surface area (Å²) in [6, 6.07) is 23.1. The second-order valence-corrected chi connectivity index (χ2v) is 8.98. The Hall–Kier alpha value is -3.15. The van der Waals surface area contributed by atoms with Crippen LogP contribution in [0.25, 0.3) is 21.8 Å². The van der Waals surface area contributed by atoms with Gasteiger partial charge in [-0.25, -0.2) is 4.98 Å². The third-order valence-corrected chi connectivity index (χ3v) is 6.10. The highest BCUT2D eigenvalue weighted by Crippen LogP contribution is 2.30. The third kappa shape index (κ3) is 5.55. The van der Waals surface area contributed by atoms with Gasteiger partial charge in [-0.2, -0.15) is 0 Å². The van der Waals surface area contributed by atoms with Crippen molar-refractivity contribution in [3.63, 3.8) is 0 Å². The van der Waals surface area contributed by atoms with E-state index >= 15 is 0 Å². The molecule has 0 spiro atoms. The predicted octanol–water partition coefficient (Wildman–Crippen LogP) is 7.27. The molecule has 32 heavy (non-hydrogen) atoms. The molecule has 162 valence electrons. The fourth-order valence-electron chi connectivity index (χ4n) is 3.18. The van der Waals surface area contributed by atoms with Crippen molar-refractivity contribution in [2.75, 3.05) is 11.9 Å². The molecule has 1 aromatic heterocycles. The summed E-state index contributed by atoms with van der Waals surface area (Å²) in [5, 5.41) is 6.52. The molecule has 0 saturated heterocycles. The maximum absolute atomic E-state index is 12.4. The van der Waals surface area contributed by atoms with Crippen molar-refractivity contribution >= 4 is 34.5 Å². The smallest absolute Gasteiger partial charge is 0.262 e. The molecular formula is C26H23ClN2O2S. The van der Waals surface area contributed by atoms with Crippen LogP contribution in [0.2, 0.25) is 5.02 Å². The lowest BCUT2D eigenvalue weighted by Gasteiger charge is -2.10. The minimum atomic E-state index is -0.213. The van der Waals surface area contributed by atoms with E-state index in [-0.39, 0.29) is 12.5 Å². The minimum Gasteiger partial charge on any atom is -0.484 e. The third-order valence-electron chi connectivity index (χ3n) is 4.95. The van der Waals surface area contributed by atoms with Crippen LogP contribution in [0.5, 0.6) is 5.75 Å². The minimum absolute atomic E-state index is 0.0529. The van der Waals surface area contributed by atoms with E-state index in [1.807, 2.05) is 78.2 Å².